The maximum Gasteiger partial charge on any atom is 0.0774 e. The predicted octanol–water partition coefficient (Wildman–Crippen LogP) is 0.869. The van der Waals surface area contributed by atoms with Gasteiger partial charge in [0.15, 0.2) is 0 Å². The zero-order chi connectivity index (χ0) is 7.19. The van der Waals surface area contributed by atoms with Gasteiger partial charge in [0.2, 0.25) is 0 Å². The summed E-state index contributed by atoms with van der Waals surface area (Å²) in [6, 6.07) is 0. The van der Waals surface area contributed by atoms with Crippen LogP contribution in [0.15, 0.2) is 0 Å². The van der Waals surface area contributed by atoms with Crippen LogP contribution in [0, 0.1) is 0 Å². The summed E-state index contributed by atoms with van der Waals surface area (Å²) in [4.78, 5) is 2.46. The highest BCUT2D eigenvalue weighted by Gasteiger charge is 2.59. The summed E-state index contributed by atoms with van der Waals surface area (Å²) in [6.45, 7) is 1.26. The standard InChI is InChI=1S/C8H15NO/c1-9-5-3-4-8(9)6-7(8)10-2/h7H,3-6H2,1-2H3. The van der Waals surface area contributed by atoms with Crippen LogP contribution < -0.4 is 0 Å². The number of likely N-dealkylation sites (N-methyl/N-ethyl adjacent to an activating group) is 1. The van der Waals surface area contributed by atoms with E-state index in [1.54, 1.807) is 0 Å². The zero-order valence-electron chi connectivity index (χ0n) is 6.76. The number of rotatable bonds is 1. The van der Waals surface area contributed by atoms with Crippen molar-refractivity contribution in [3.8, 4) is 0 Å². The van der Waals surface area contributed by atoms with Crippen LogP contribution in [0.25, 0.3) is 0 Å². The molecule has 0 aromatic rings. The van der Waals surface area contributed by atoms with Crippen molar-refractivity contribution in [2.45, 2.75) is 30.9 Å². The molecule has 2 unspecified atom stereocenters. The summed E-state index contributed by atoms with van der Waals surface area (Å²) in [6.07, 6.45) is 4.51. The third-order valence-corrected chi connectivity index (χ3v) is 3.13. The summed E-state index contributed by atoms with van der Waals surface area (Å²) < 4.78 is 5.33. The Labute approximate surface area is 62.2 Å². The van der Waals surface area contributed by atoms with Gasteiger partial charge >= 0.3 is 0 Å². The van der Waals surface area contributed by atoms with E-state index in [0.717, 1.165) is 0 Å². The molecule has 1 saturated carbocycles. The van der Waals surface area contributed by atoms with Crippen molar-refractivity contribution in [1.29, 1.82) is 0 Å². The minimum atomic E-state index is 0.481. The molecule has 0 aromatic heterocycles. The molecule has 0 amide bonds. The maximum absolute atomic E-state index is 5.33. The molecule has 2 heteroatoms. The fourth-order valence-electron chi connectivity index (χ4n) is 2.27. The zero-order valence-corrected chi connectivity index (χ0v) is 6.76. The van der Waals surface area contributed by atoms with E-state index >= 15 is 0 Å². The van der Waals surface area contributed by atoms with Crippen LogP contribution in [0.1, 0.15) is 19.3 Å². The lowest BCUT2D eigenvalue weighted by Crippen LogP contribution is -2.30. The van der Waals surface area contributed by atoms with E-state index in [1.165, 1.54) is 25.8 Å². The number of likely N-dealkylation sites (tertiary alicyclic amines) is 1. The number of ether oxygens (including phenoxy) is 1. The molecule has 58 valence electrons. The number of nitrogens with zero attached hydrogens (tertiary/aromatic N) is 1. The van der Waals surface area contributed by atoms with Gasteiger partial charge in [0.25, 0.3) is 0 Å². The fourth-order valence-corrected chi connectivity index (χ4v) is 2.27. The Hall–Kier alpha value is -0.0800. The molecule has 10 heavy (non-hydrogen) atoms. The molecule has 0 N–H and O–H groups in total. The normalized spacial score (nSPS) is 46.8. The van der Waals surface area contributed by atoms with E-state index in [-0.39, 0.29) is 0 Å². The van der Waals surface area contributed by atoms with Gasteiger partial charge in [0.1, 0.15) is 0 Å². The monoisotopic (exact) mass is 141 g/mol. The van der Waals surface area contributed by atoms with Gasteiger partial charge in [-0.05, 0) is 32.9 Å². The van der Waals surface area contributed by atoms with Gasteiger partial charge < -0.3 is 4.74 Å². The minimum absolute atomic E-state index is 0.481. The first-order chi connectivity index (χ1) is 4.79. The summed E-state index contributed by atoms with van der Waals surface area (Å²) in [5, 5.41) is 0. The molecule has 1 spiro atoms. The summed E-state index contributed by atoms with van der Waals surface area (Å²) >= 11 is 0. The molecule has 1 aliphatic carbocycles. The highest BCUT2D eigenvalue weighted by molar-refractivity contribution is 5.15. The lowest BCUT2D eigenvalue weighted by atomic mass is 10.2. The quantitative estimate of drug-likeness (QED) is 0.537. The van der Waals surface area contributed by atoms with Crippen LogP contribution in [0.2, 0.25) is 0 Å². The van der Waals surface area contributed by atoms with Gasteiger partial charge in [0, 0.05) is 12.6 Å². The highest BCUT2D eigenvalue weighted by Crippen LogP contribution is 2.50. The van der Waals surface area contributed by atoms with Crippen LogP contribution in [-0.2, 0) is 4.74 Å². The fraction of sp³-hybridized carbons (Fsp3) is 1.00. The molecule has 0 bridgehead atoms. The Morgan fingerprint density at radius 1 is 1.60 bits per heavy atom. The Morgan fingerprint density at radius 3 is 2.80 bits per heavy atom. The van der Waals surface area contributed by atoms with E-state index in [4.69, 9.17) is 4.74 Å². The highest BCUT2D eigenvalue weighted by atomic mass is 16.5. The number of hydrogen-bond donors (Lipinski definition) is 0. The van der Waals surface area contributed by atoms with Crippen LogP contribution in [0.4, 0.5) is 0 Å². The molecule has 2 atom stereocenters. The molecule has 2 rings (SSSR count). The Bertz CT molecular complexity index is 148. The third kappa shape index (κ3) is 0.663. The van der Waals surface area contributed by atoms with Gasteiger partial charge in [-0.2, -0.15) is 0 Å². The van der Waals surface area contributed by atoms with E-state index in [0.29, 0.717) is 11.6 Å². The van der Waals surface area contributed by atoms with Crippen molar-refractivity contribution in [1.82, 2.24) is 4.90 Å². The van der Waals surface area contributed by atoms with Crippen molar-refractivity contribution < 1.29 is 4.74 Å². The van der Waals surface area contributed by atoms with Crippen LogP contribution in [0.3, 0.4) is 0 Å². The second-order valence-electron chi connectivity index (χ2n) is 3.56. The van der Waals surface area contributed by atoms with Gasteiger partial charge in [-0.15, -0.1) is 0 Å². The lowest BCUT2D eigenvalue weighted by Gasteiger charge is -2.18. The molecule has 0 radical (unpaired) electrons. The molecule has 1 saturated heterocycles. The van der Waals surface area contributed by atoms with Crippen molar-refractivity contribution in [3.05, 3.63) is 0 Å². The van der Waals surface area contributed by atoms with Crippen molar-refractivity contribution in [3.63, 3.8) is 0 Å². The molecular weight excluding hydrogens is 126 g/mol. The first-order valence-electron chi connectivity index (χ1n) is 4.04. The number of methoxy groups -OCH3 is 1. The van der Waals surface area contributed by atoms with Crippen molar-refractivity contribution >= 4 is 0 Å². The van der Waals surface area contributed by atoms with Crippen molar-refractivity contribution in [2.75, 3.05) is 20.7 Å². The van der Waals surface area contributed by atoms with Crippen molar-refractivity contribution in [2.24, 2.45) is 0 Å². The second-order valence-corrected chi connectivity index (χ2v) is 3.56. The molecule has 0 aromatic carbocycles. The summed E-state index contributed by atoms with van der Waals surface area (Å²) in [5.41, 5.74) is 0.481. The van der Waals surface area contributed by atoms with E-state index in [1.807, 2.05) is 7.11 Å². The smallest absolute Gasteiger partial charge is 0.0774 e. The largest absolute Gasteiger partial charge is 0.379 e. The molecule has 2 nitrogen and oxygen atoms in total. The van der Waals surface area contributed by atoms with Crippen LogP contribution >= 0.6 is 0 Å². The number of hydrogen-bond acceptors (Lipinski definition) is 2. The van der Waals surface area contributed by atoms with E-state index < -0.39 is 0 Å². The molecule has 1 aliphatic heterocycles. The summed E-state index contributed by atoms with van der Waals surface area (Å²) in [7, 11) is 4.04. The Kier molecular flexibility index (Phi) is 1.29. The Balaban J connectivity index is 2.04. The average Bonchev–Trinajstić information content (AvgIpc) is 2.52. The molecular formula is C8H15NO. The van der Waals surface area contributed by atoms with Gasteiger partial charge in [-0.3, -0.25) is 4.90 Å². The first kappa shape index (κ1) is 6.62. The topological polar surface area (TPSA) is 12.5 Å². The minimum Gasteiger partial charge on any atom is -0.379 e. The van der Waals surface area contributed by atoms with E-state index in [2.05, 4.69) is 11.9 Å². The third-order valence-electron chi connectivity index (χ3n) is 3.13. The molecule has 2 fully saturated rings. The SMILES string of the molecule is COC1CC12CCCN2C. The maximum atomic E-state index is 5.33. The Morgan fingerprint density at radius 2 is 2.40 bits per heavy atom. The van der Waals surface area contributed by atoms with Crippen LogP contribution in [0.5, 0.6) is 0 Å². The average molecular weight is 141 g/mol. The molecule has 1 heterocycles. The van der Waals surface area contributed by atoms with Crippen LogP contribution in [-0.4, -0.2) is 37.2 Å². The summed E-state index contributed by atoms with van der Waals surface area (Å²) in [5.74, 6) is 0. The molecule has 2 aliphatic rings. The van der Waals surface area contributed by atoms with E-state index in [9.17, 15) is 0 Å². The predicted molar refractivity (Wildman–Crippen MR) is 40.0 cm³/mol. The first-order valence-corrected chi connectivity index (χ1v) is 4.04. The van der Waals surface area contributed by atoms with Gasteiger partial charge in [-0.1, -0.05) is 0 Å². The van der Waals surface area contributed by atoms with Gasteiger partial charge in [-0.25, -0.2) is 0 Å². The van der Waals surface area contributed by atoms with Gasteiger partial charge in [0.05, 0.1) is 6.10 Å². The second kappa shape index (κ2) is 1.95. The lowest BCUT2D eigenvalue weighted by molar-refractivity contribution is 0.124.